The molecule has 0 saturated carbocycles. The van der Waals surface area contributed by atoms with Crippen LogP contribution in [0.25, 0.3) is 0 Å². The molecule has 0 bridgehead atoms. The summed E-state index contributed by atoms with van der Waals surface area (Å²) in [7, 11) is -2.56. The third-order valence-corrected chi connectivity index (χ3v) is 13.6. The van der Waals surface area contributed by atoms with Crippen LogP contribution in [-0.2, 0) is 0 Å². The van der Waals surface area contributed by atoms with E-state index in [2.05, 4.69) is 129 Å². The van der Waals surface area contributed by atoms with E-state index in [0.29, 0.717) is 4.58 Å². The maximum Gasteiger partial charge on any atom is 0.319 e. The van der Waals surface area contributed by atoms with Gasteiger partial charge in [-0.3, -0.25) is 0 Å². The fourth-order valence-electron chi connectivity index (χ4n) is 4.20. The second-order valence-electron chi connectivity index (χ2n) is 8.76. The van der Waals surface area contributed by atoms with Crippen LogP contribution >= 0.6 is 23.5 Å². The molecule has 4 rings (SSSR count). The maximum absolute atomic E-state index is 7.11. The van der Waals surface area contributed by atoms with Crippen LogP contribution in [0.5, 0.6) is 5.75 Å². The fraction of sp³-hybridized carbons (Fsp3) is 0.308. The van der Waals surface area contributed by atoms with Crippen molar-refractivity contribution >= 4 is 42.2 Å². The Morgan fingerprint density at radius 1 is 0.733 bits per heavy atom. The molecule has 1 aliphatic rings. The molecule has 1 fully saturated rings. The van der Waals surface area contributed by atoms with Crippen molar-refractivity contribution in [3.05, 3.63) is 90.5 Å². The van der Waals surface area contributed by atoms with Crippen LogP contribution in [0, 0.1) is 0 Å². The first kappa shape index (κ1) is 21.6. The molecule has 1 nitrogen and oxygen atoms in total. The van der Waals surface area contributed by atoms with Gasteiger partial charge in [0.1, 0.15) is 5.75 Å². The van der Waals surface area contributed by atoms with E-state index >= 15 is 0 Å². The third kappa shape index (κ3) is 4.37. The van der Waals surface area contributed by atoms with Gasteiger partial charge in [0, 0.05) is 0 Å². The first-order valence-corrected chi connectivity index (χ1v) is 14.6. The molecule has 0 radical (unpaired) electrons. The van der Waals surface area contributed by atoms with E-state index < -0.39 is 8.32 Å². The zero-order valence-corrected chi connectivity index (χ0v) is 20.6. The molecule has 1 saturated heterocycles. The van der Waals surface area contributed by atoms with Gasteiger partial charge in [-0.15, -0.1) is 23.5 Å². The summed E-state index contributed by atoms with van der Waals surface area (Å²) in [4.78, 5) is 0. The molecule has 1 aliphatic heterocycles. The molecule has 0 aromatic heterocycles. The molecule has 3 aromatic rings. The van der Waals surface area contributed by atoms with Gasteiger partial charge in [-0.2, -0.15) is 0 Å². The molecule has 0 atom stereocenters. The average Bonchev–Trinajstić information content (AvgIpc) is 2.79. The van der Waals surface area contributed by atoms with Crippen molar-refractivity contribution in [1.29, 1.82) is 0 Å². The molecular weight excluding hydrogens is 421 g/mol. The van der Waals surface area contributed by atoms with Crippen LogP contribution in [0.15, 0.2) is 84.9 Å². The van der Waals surface area contributed by atoms with Crippen LogP contribution in [-0.4, -0.2) is 19.8 Å². The van der Waals surface area contributed by atoms with E-state index in [1.54, 1.807) is 0 Å². The van der Waals surface area contributed by atoms with E-state index in [1.807, 2.05) is 0 Å². The van der Waals surface area contributed by atoms with Gasteiger partial charge in [0.25, 0.3) is 0 Å². The zero-order chi connectivity index (χ0) is 21.0. The van der Waals surface area contributed by atoms with Crippen LogP contribution in [0.4, 0.5) is 0 Å². The van der Waals surface area contributed by atoms with Gasteiger partial charge in [-0.05, 0) is 51.0 Å². The minimum Gasteiger partial charge on any atom is -0.534 e. The lowest BCUT2D eigenvalue weighted by Gasteiger charge is -2.43. The van der Waals surface area contributed by atoms with Gasteiger partial charge in [-0.1, -0.05) is 93.6 Å². The molecule has 0 spiro atoms. The number of rotatable bonds is 5. The van der Waals surface area contributed by atoms with Crippen molar-refractivity contribution in [3.63, 3.8) is 0 Å². The van der Waals surface area contributed by atoms with Crippen molar-refractivity contribution in [2.75, 3.05) is 11.5 Å². The van der Waals surface area contributed by atoms with Gasteiger partial charge in [-0.25, -0.2) is 0 Å². The van der Waals surface area contributed by atoms with Crippen molar-refractivity contribution < 1.29 is 4.43 Å². The lowest BCUT2D eigenvalue weighted by molar-refractivity contribution is 0.508. The lowest BCUT2D eigenvalue weighted by Crippen LogP contribution is -2.68. The summed E-state index contributed by atoms with van der Waals surface area (Å²) >= 11 is 4.13. The summed E-state index contributed by atoms with van der Waals surface area (Å²) in [6.07, 6.45) is 1.32. The van der Waals surface area contributed by atoms with Gasteiger partial charge in [0.2, 0.25) is 0 Å². The second-order valence-corrected chi connectivity index (χ2v) is 15.7. The van der Waals surface area contributed by atoms with Crippen molar-refractivity contribution in [3.8, 4) is 5.75 Å². The van der Waals surface area contributed by atoms with Crippen LogP contribution in [0.1, 0.15) is 37.3 Å². The summed E-state index contributed by atoms with van der Waals surface area (Å²) in [5.41, 5.74) is 1.40. The van der Waals surface area contributed by atoms with Crippen molar-refractivity contribution in [2.24, 2.45) is 0 Å². The quantitative estimate of drug-likeness (QED) is 0.411. The zero-order valence-electron chi connectivity index (χ0n) is 18.0. The molecule has 30 heavy (non-hydrogen) atoms. The average molecular weight is 451 g/mol. The van der Waals surface area contributed by atoms with Gasteiger partial charge >= 0.3 is 8.32 Å². The summed E-state index contributed by atoms with van der Waals surface area (Å²) in [5, 5.41) is 2.60. The fourth-order valence-corrected chi connectivity index (χ4v) is 11.5. The predicted molar refractivity (Wildman–Crippen MR) is 137 cm³/mol. The summed E-state index contributed by atoms with van der Waals surface area (Å²) in [6, 6.07) is 30.6. The Labute approximate surface area is 190 Å². The van der Waals surface area contributed by atoms with E-state index in [9.17, 15) is 0 Å². The molecule has 0 unspecified atom stereocenters. The molecular formula is C26H30OS2Si. The first-order chi connectivity index (χ1) is 14.5. The van der Waals surface area contributed by atoms with E-state index in [0.717, 1.165) is 5.75 Å². The number of benzene rings is 3. The highest BCUT2D eigenvalue weighted by atomic mass is 32.2. The number of hydrogen-bond acceptors (Lipinski definition) is 3. The first-order valence-electron chi connectivity index (χ1n) is 10.6. The van der Waals surface area contributed by atoms with Crippen LogP contribution in [0.2, 0.25) is 5.04 Å². The van der Waals surface area contributed by atoms with Crippen LogP contribution < -0.4 is 14.8 Å². The Morgan fingerprint density at radius 3 is 1.70 bits per heavy atom. The van der Waals surface area contributed by atoms with E-state index in [-0.39, 0.29) is 5.04 Å². The molecule has 156 valence electrons. The molecule has 4 heteroatoms. The van der Waals surface area contributed by atoms with Crippen molar-refractivity contribution in [2.45, 2.75) is 36.8 Å². The Kier molecular flexibility index (Phi) is 6.66. The summed E-state index contributed by atoms with van der Waals surface area (Å²) < 4.78 is 7.66. The van der Waals surface area contributed by atoms with Crippen molar-refractivity contribution in [1.82, 2.24) is 0 Å². The SMILES string of the molecule is CC(C)(C)[Si](Oc1ccc(C2SCCCS2)cc1)(c1ccccc1)c1ccccc1. The number of hydrogen-bond donors (Lipinski definition) is 0. The van der Waals surface area contributed by atoms with Gasteiger partial charge in [0.05, 0.1) is 4.58 Å². The minimum atomic E-state index is -2.56. The smallest absolute Gasteiger partial charge is 0.319 e. The second kappa shape index (κ2) is 9.25. The minimum absolute atomic E-state index is 0.0244. The summed E-state index contributed by atoms with van der Waals surface area (Å²) in [6.45, 7) is 6.97. The highest BCUT2D eigenvalue weighted by Gasteiger charge is 2.52. The Morgan fingerprint density at radius 2 is 1.23 bits per heavy atom. The topological polar surface area (TPSA) is 9.23 Å². The Hall–Kier alpha value is -1.62. The highest BCUT2D eigenvalue weighted by Crippen LogP contribution is 2.44. The normalized spacial score (nSPS) is 15.7. The molecule has 0 amide bonds. The summed E-state index contributed by atoms with van der Waals surface area (Å²) in [5.74, 6) is 3.49. The third-order valence-electron chi connectivity index (χ3n) is 5.67. The van der Waals surface area contributed by atoms with Gasteiger partial charge < -0.3 is 4.43 Å². The predicted octanol–water partition coefficient (Wildman–Crippen LogP) is 6.49. The number of thioether (sulfide) groups is 2. The highest BCUT2D eigenvalue weighted by molar-refractivity contribution is 8.16. The standard InChI is InChI=1S/C26H30OS2Si/c1-26(2,3)30(23-11-6-4-7-12-23,24-13-8-5-9-14-24)27-22-17-15-21(16-18-22)25-28-19-10-20-29-25/h4-9,11-18,25H,10,19-20H2,1-3H3. The molecule has 0 N–H and O–H groups in total. The van der Waals surface area contributed by atoms with E-state index in [1.165, 1.54) is 33.9 Å². The molecule has 3 aromatic carbocycles. The Bertz CT molecular complexity index is 891. The maximum atomic E-state index is 7.11. The van der Waals surface area contributed by atoms with Gasteiger partial charge in [0.15, 0.2) is 0 Å². The van der Waals surface area contributed by atoms with E-state index in [4.69, 9.17) is 4.43 Å². The lowest BCUT2D eigenvalue weighted by atomic mass is 10.2. The monoisotopic (exact) mass is 450 g/mol. The molecule has 0 aliphatic carbocycles. The largest absolute Gasteiger partial charge is 0.534 e. The van der Waals surface area contributed by atoms with Crippen LogP contribution in [0.3, 0.4) is 0 Å². The Balaban J connectivity index is 1.75. The molecule has 1 heterocycles.